The molecule has 0 rings (SSSR count). The SMILES string of the molecule is O=C(O)C(=O)/C(Cl)=C(\Cl)CCl. The van der Waals surface area contributed by atoms with Gasteiger partial charge >= 0.3 is 5.97 Å². The Hall–Kier alpha value is -0.250. The van der Waals surface area contributed by atoms with E-state index in [4.69, 9.17) is 39.9 Å². The van der Waals surface area contributed by atoms with Crippen LogP contribution in [0.25, 0.3) is 0 Å². The van der Waals surface area contributed by atoms with E-state index >= 15 is 0 Å². The van der Waals surface area contributed by atoms with Crippen LogP contribution in [-0.2, 0) is 9.59 Å². The number of allylic oxidation sites excluding steroid dienone is 1. The number of carbonyl (C=O) groups excluding carboxylic acids is 1. The highest BCUT2D eigenvalue weighted by molar-refractivity contribution is 6.59. The molecule has 0 atom stereocenters. The molecule has 1 N–H and O–H groups in total. The second kappa shape index (κ2) is 4.59. The molecular formula is C5H3Cl3O3. The maximum atomic E-state index is 10.5. The van der Waals surface area contributed by atoms with E-state index < -0.39 is 16.8 Å². The van der Waals surface area contributed by atoms with E-state index in [1.165, 1.54) is 0 Å². The van der Waals surface area contributed by atoms with Gasteiger partial charge in [0.15, 0.2) is 0 Å². The van der Waals surface area contributed by atoms with Gasteiger partial charge in [0.2, 0.25) is 0 Å². The van der Waals surface area contributed by atoms with E-state index in [-0.39, 0.29) is 10.9 Å². The summed E-state index contributed by atoms with van der Waals surface area (Å²) in [5.74, 6) is -3.09. The van der Waals surface area contributed by atoms with Crippen LogP contribution in [0.15, 0.2) is 10.1 Å². The van der Waals surface area contributed by atoms with Gasteiger partial charge in [-0.2, -0.15) is 0 Å². The van der Waals surface area contributed by atoms with E-state index in [0.717, 1.165) is 0 Å². The van der Waals surface area contributed by atoms with Gasteiger partial charge < -0.3 is 5.11 Å². The third-order valence-electron chi connectivity index (χ3n) is 0.749. The van der Waals surface area contributed by atoms with Gasteiger partial charge in [0.05, 0.1) is 10.9 Å². The zero-order valence-electron chi connectivity index (χ0n) is 5.10. The molecule has 3 nitrogen and oxygen atoms in total. The Bertz CT molecular complexity index is 221. The molecule has 0 aliphatic rings. The molecule has 0 unspecified atom stereocenters. The number of ketones is 1. The fourth-order valence-corrected chi connectivity index (χ4v) is 0.711. The fraction of sp³-hybridized carbons (Fsp3) is 0.200. The Labute approximate surface area is 77.5 Å². The van der Waals surface area contributed by atoms with Gasteiger partial charge in [-0.3, -0.25) is 4.79 Å². The molecule has 0 radical (unpaired) electrons. The molecule has 0 spiro atoms. The number of alkyl halides is 1. The lowest BCUT2D eigenvalue weighted by Gasteiger charge is -1.94. The van der Waals surface area contributed by atoms with Crippen molar-refractivity contribution >= 4 is 46.6 Å². The number of aliphatic carboxylic acids is 1. The smallest absolute Gasteiger partial charge is 0.378 e. The molecule has 0 saturated heterocycles. The normalized spacial score (nSPS) is 12.3. The summed E-state index contributed by atoms with van der Waals surface area (Å²) in [6.07, 6.45) is 0. The van der Waals surface area contributed by atoms with Crippen molar-refractivity contribution in [1.29, 1.82) is 0 Å². The molecule has 0 fully saturated rings. The molecule has 0 aliphatic carbocycles. The van der Waals surface area contributed by atoms with Crippen molar-refractivity contribution in [2.45, 2.75) is 0 Å². The first kappa shape index (κ1) is 10.8. The Morgan fingerprint density at radius 2 is 1.73 bits per heavy atom. The molecule has 0 aromatic carbocycles. The lowest BCUT2D eigenvalue weighted by atomic mass is 10.3. The minimum absolute atomic E-state index is 0.166. The summed E-state index contributed by atoms with van der Waals surface area (Å²) in [7, 11) is 0. The molecule has 0 aromatic rings. The molecular weight excluding hydrogens is 214 g/mol. The quantitative estimate of drug-likeness (QED) is 0.443. The van der Waals surface area contributed by atoms with Crippen LogP contribution in [0.3, 0.4) is 0 Å². The van der Waals surface area contributed by atoms with Crippen molar-refractivity contribution in [2.75, 3.05) is 5.88 Å². The monoisotopic (exact) mass is 216 g/mol. The first-order valence-electron chi connectivity index (χ1n) is 2.38. The van der Waals surface area contributed by atoms with Crippen molar-refractivity contribution in [3.63, 3.8) is 0 Å². The second-order valence-electron chi connectivity index (χ2n) is 1.49. The summed E-state index contributed by atoms with van der Waals surface area (Å²) >= 11 is 15.7. The molecule has 11 heavy (non-hydrogen) atoms. The zero-order chi connectivity index (χ0) is 9.02. The lowest BCUT2D eigenvalue weighted by Crippen LogP contribution is -2.13. The number of hydrogen-bond acceptors (Lipinski definition) is 2. The van der Waals surface area contributed by atoms with Crippen LogP contribution in [0, 0.1) is 0 Å². The summed E-state index contributed by atoms with van der Waals surface area (Å²) in [5.41, 5.74) is 0. The van der Waals surface area contributed by atoms with Crippen molar-refractivity contribution in [1.82, 2.24) is 0 Å². The van der Waals surface area contributed by atoms with Crippen LogP contribution in [0.1, 0.15) is 0 Å². The van der Waals surface area contributed by atoms with Gasteiger partial charge in [0.25, 0.3) is 5.78 Å². The molecule has 0 aromatic heterocycles. The van der Waals surface area contributed by atoms with Crippen molar-refractivity contribution < 1.29 is 14.7 Å². The van der Waals surface area contributed by atoms with Crippen LogP contribution in [0.5, 0.6) is 0 Å². The minimum atomic E-state index is -1.65. The number of hydrogen-bond donors (Lipinski definition) is 1. The minimum Gasteiger partial charge on any atom is -0.475 e. The topological polar surface area (TPSA) is 54.4 Å². The number of carboxylic acid groups (broad SMARTS) is 1. The highest BCUT2D eigenvalue weighted by Crippen LogP contribution is 2.15. The standard InChI is InChI=1S/C5H3Cl3O3/c6-1-2(7)3(8)4(9)5(10)11/h1H2,(H,10,11)/b3-2+. The average molecular weight is 217 g/mol. The Morgan fingerprint density at radius 1 is 1.27 bits per heavy atom. The number of carbonyl (C=O) groups is 2. The third kappa shape index (κ3) is 3.10. The van der Waals surface area contributed by atoms with Gasteiger partial charge in [0, 0.05) is 0 Å². The van der Waals surface area contributed by atoms with Gasteiger partial charge in [0.1, 0.15) is 5.03 Å². The highest BCUT2D eigenvalue weighted by atomic mass is 35.5. The van der Waals surface area contributed by atoms with E-state index in [0.29, 0.717) is 0 Å². The molecule has 0 aliphatic heterocycles. The van der Waals surface area contributed by atoms with Crippen LogP contribution in [0.4, 0.5) is 0 Å². The van der Waals surface area contributed by atoms with Crippen LogP contribution < -0.4 is 0 Å². The van der Waals surface area contributed by atoms with Crippen LogP contribution >= 0.6 is 34.8 Å². The maximum Gasteiger partial charge on any atom is 0.378 e. The number of rotatable bonds is 3. The Morgan fingerprint density at radius 3 is 2.00 bits per heavy atom. The second-order valence-corrected chi connectivity index (χ2v) is 2.59. The van der Waals surface area contributed by atoms with Crippen molar-refractivity contribution in [2.24, 2.45) is 0 Å². The van der Waals surface area contributed by atoms with E-state index in [1.54, 1.807) is 0 Å². The number of halogens is 3. The average Bonchev–Trinajstić information content (AvgIpc) is 2.00. The fourth-order valence-electron chi connectivity index (χ4n) is 0.276. The largest absolute Gasteiger partial charge is 0.475 e. The Balaban J connectivity index is 4.61. The summed E-state index contributed by atoms with van der Waals surface area (Å²) in [4.78, 5) is 20.5. The molecule has 0 heterocycles. The molecule has 62 valence electrons. The molecule has 6 heteroatoms. The number of carboxylic acids is 1. The molecule has 0 bridgehead atoms. The number of Topliss-reactive ketones (excluding diaryl/α,β-unsaturated/α-hetero) is 1. The van der Waals surface area contributed by atoms with Gasteiger partial charge in [-0.1, -0.05) is 23.2 Å². The first-order chi connectivity index (χ1) is 5.00. The van der Waals surface area contributed by atoms with Crippen molar-refractivity contribution in [3.8, 4) is 0 Å². The summed E-state index contributed by atoms with van der Waals surface area (Å²) < 4.78 is 0. The van der Waals surface area contributed by atoms with Gasteiger partial charge in [-0.15, -0.1) is 11.6 Å². The highest BCUT2D eigenvalue weighted by Gasteiger charge is 2.18. The first-order valence-corrected chi connectivity index (χ1v) is 3.67. The van der Waals surface area contributed by atoms with Crippen molar-refractivity contribution in [3.05, 3.63) is 10.1 Å². The third-order valence-corrected chi connectivity index (χ3v) is 1.97. The molecule has 0 amide bonds. The summed E-state index contributed by atoms with van der Waals surface area (Å²) in [5, 5.41) is 7.41. The van der Waals surface area contributed by atoms with E-state index in [1.807, 2.05) is 0 Å². The van der Waals surface area contributed by atoms with E-state index in [2.05, 4.69) is 0 Å². The van der Waals surface area contributed by atoms with Crippen LogP contribution in [-0.4, -0.2) is 22.7 Å². The van der Waals surface area contributed by atoms with Gasteiger partial charge in [-0.25, -0.2) is 4.79 Å². The maximum absolute atomic E-state index is 10.5. The summed E-state index contributed by atoms with van der Waals surface area (Å²) in [6, 6.07) is 0. The zero-order valence-corrected chi connectivity index (χ0v) is 7.37. The predicted octanol–water partition coefficient (Wildman–Crippen LogP) is 1.57. The lowest BCUT2D eigenvalue weighted by molar-refractivity contribution is -0.146. The molecule has 0 saturated carbocycles. The van der Waals surface area contributed by atoms with Crippen LogP contribution in [0.2, 0.25) is 0 Å². The van der Waals surface area contributed by atoms with Gasteiger partial charge in [-0.05, 0) is 0 Å². The Kier molecular flexibility index (Phi) is 4.49. The summed E-state index contributed by atoms with van der Waals surface area (Å²) in [6.45, 7) is 0. The van der Waals surface area contributed by atoms with E-state index in [9.17, 15) is 9.59 Å². The predicted molar refractivity (Wildman–Crippen MR) is 42.1 cm³/mol.